The normalized spacial score (nSPS) is 19.6. The standard InChI is InChI=1S/C20H24N4O2S2/c1-5-24-19(26)16(28-20(24)27)10-14-13(3)15(11-21)18(25)22(4)17(14)23-8-6-12(2)7-9-23/h10,12H,5-9H2,1-4H3. The van der Waals surface area contributed by atoms with Crippen LogP contribution in [0.4, 0.5) is 5.82 Å². The van der Waals surface area contributed by atoms with Crippen molar-refractivity contribution in [2.45, 2.75) is 33.6 Å². The average Bonchev–Trinajstić information content (AvgIpc) is 2.94. The lowest BCUT2D eigenvalue weighted by Crippen LogP contribution is -2.38. The Hall–Kier alpha value is -2.11. The van der Waals surface area contributed by atoms with Crippen molar-refractivity contribution in [1.82, 2.24) is 9.47 Å². The van der Waals surface area contributed by atoms with Gasteiger partial charge in [-0.05, 0) is 44.2 Å². The average molecular weight is 417 g/mol. The summed E-state index contributed by atoms with van der Waals surface area (Å²) in [6.07, 6.45) is 3.90. The van der Waals surface area contributed by atoms with Gasteiger partial charge in [0.1, 0.15) is 21.8 Å². The Labute approximate surface area is 174 Å². The number of thiocarbonyl (C=S) groups is 1. The number of nitrogens with zero attached hydrogens (tertiary/aromatic N) is 4. The minimum absolute atomic E-state index is 0.119. The summed E-state index contributed by atoms with van der Waals surface area (Å²) in [7, 11) is 1.70. The number of piperidine rings is 1. The minimum Gasteiger partial charge on any atom is -0.357 e. The molecular weight excluding hydrogens is 392 g/mol. The van der Waals surface area contributed by atoms with Crippen LogP contribution in [0.15, 0.2) is 9.70 Å². The third kappa shape index (κ3) is 3.49. The van der Waals surface area contributed by atoms with Crippen molar-refractivity contribution in [3.8, 4) is 6.07 Å². The van der Waals surface area contributed by atoms with Crippen molar-refractivity contribution in [2.24, 2.45) is 13.0 Å². The van der Waals surface area contributed by atoms with E-state index in [1.807, 2.05) is 13.0 Å². The smallest absolute Gasteiger partial charge is 0.270 e. The largest absolute Gasteiger partial charge is 0.357 e. The molecule has 0 N–H and O–H groups in total. The molecule has 3 rings (SSSR count). The van der Waals surface area contributed by atoms with E-state index >= 15 is 0 Å². The molecule has 148 valence electrons. The number of amides is 1. The fraction of sp³-hybridized carbons (Fsp3) is 0.500. The van der Waals surface area contributed by atoms with Crippen LogP contribution < -0.4 is 10.5 Å². The zero-order chi connectivity index (χ0) is 20.6. The van der Waals surface area contributed by atoms with Crippen LogP contribution in [-0.2, 0) is 11.8 Å². The van der Waals surface area contributed by atoms with E-state index < -0.39 is 0 Å². The van der Waals surface area contributed by atoms with Gasteiger partial charge in [0.05, 0.1) is 4.91 Å². The van der Waals surface area contributed by atoms with E-state index in [9.17, 15) is 14.9 Å². The maximum absolute atomic E-state index is 12.7. The number of hydrogen-bond acceptors (Lipinski definition) is 6. The number of nitriles is 1. The molecule has 0 spiro atoms. The molecule has 0 saturated carbocycles. The number of aromatic nitrogens is 1. The predicted molar refractivity (Wildman–Crippen MR) is 117 cm³/mol. The Balaban J connectivity index is 2.19. The van der Waals surface area contributed by atoms with Gasteiger partial charge >= 0.3 is 0 Å². The van der Waals surface area contributed by atoms with E-state index in [2.05, 4.69) is 11.8 Å². The first-order valence-corrected chi connectivity index (χ1v) is 10.7. The Morgan fingerprint density at radius 3 is 2.50 bits per heavy atom. The highest BCUT2D eigenvalue weighted by molar-refractivity contribution is 8.26. The number of hydrogen-bond donors (Lipinski definition) is 0. The summed E-state index contributed by atoms with van der Waals surface area (Å²) in [5.41, 5.74) is 1.19. The van der Waals surface area contributed by atoms with Crippen molar-refractivity contribution in [1.29, 1.82) is 5.26 Å². The molecule has 0 unspecified atom stereocenters. The van der Waals surface area contributed by atoms with Crippen LogP contribution in [-0.4, -0.2) is 39.3 Å². The van der Waals surface area contributed by atoms with Gasteiger partial charge in [0, 0.05) is 32.2 Å². The second-order valence-electron chi connectivity index (χ2n) is 7.31. The quantitative estimate of drug-likeness (QED) is 0.557. The van der Waals surface area contributed by atoms with E-state index in [0.29, 0.717) is 27.3 Å². The maximum atomic E-state index is 12.7. The molecule has 0 aliphatic carbocycles. The molecule has 0 atom stereocenters. The van der Waals surface area contributed by atoms with E-state index in [1.54, 1.807) is 29.5 Å². The van der Waals surface area contributed by atoms with E-state index in [-0.39, 0.29) is 17.0 Å². The summed E-state index contributed by atoms with van der Waals surface area (Å²) in [5, 5.41) is 9.52. The first kappa shape index (κ1) is 20.6. The van der Waals surface area contributed by atoms with Gasteiger partial charge < -0.3 is 4.90 Å². The summed E-state index contributed by atoms with van der Waals surface area (Å²) >= 11 is 6.59. The number of anilines is 1. The molecule has 0 bridgehead atoms. The van der Waals surface area contributed by atoms with Gasteiger partial charge in [-0.25, -0.2) is 0 Å². The molecule has 2 fully saturated rings. The Kier molecular flexibility index (Phi) is 5.96. The second kappa shape index (κ2) is 8.10. The second-order valence-corrected chi connectivity index (χ2v) is 8.98. The molecule has 0 aromatic carbocycles. The summed E-state index contributed by atoms with van der Waals surface area (Å²) in [6.45, 7) is 8.11. The molecule has 1 aromatic heterocycles. The van der Waals surface area contributed by atoms with Crippen LogP contribution in [0.2, 0.25) is 0 Å². The van der Waals surface area contributed by atoms with Crippen LogP contribution >= 0.6 is 24.0 Å². The molecule has 3 heterocycles. The molecule has 1 aromatic rings. The van der Waals surface area contributed by atoms with E-state index in [0.717, 1.165) is 37.3 Å². The van der Waals surface area contributed by atoms with Crippen molar-refractivity contribution in [3.63, 3.8) is 0 Å². The highest BCUT2D eigenvalue weighted by Crippen LogP contribution is 2.36. The maximum Gasteiger partial charge on any atom is 0.270 e. The molecule has 2 aliphatic rings. The fourth-order valence-corrected chi connectivity index (χ4v) is 5.08. The number of carbonyl (C=O) groups excluding carboxylic acids is 1. The number of carbonyl (C=O) groups is 1. The van der Waals surface area contributed by atoms with Gasteiger partial charge in [-0.2, -0.15) is 5.26 Å². The molecule has 0 radical (unpaired) electrons. The molecule has 2 saturated heterocycles. The van der Waals surface area contributed by atoms with Crippen molar-refractivity contribution >= 4 is 46.1 Å². The number of pyridine rings is 1. The zero-order valence-electron chi connectivity index (χ0n) is 16.6. The number of rotatable bonds is 3. The Bertz CT molecular complexity index is 966. The van der Waals surface area contributed by atoms with Crippen LogP contribution in [0.25, 0.3) is 6.08 Å². The predicted octanol–water partition coefficient (Wildman–Crippen LogP) is 3.02. The van der Waals surface area contributed by atoms with E-state index in [1.165, 1.54) is 11.8 Å². The van der Waals surface area contributed by atoms with Crippen LogP contribution in [0, 0.1) is 24.2 Å². The fourth-order valence-electron chi connectivity index (χ4n) is 3.72. The highest BCUT2D eigenvalue weighted by Gasteiger charge is 2.32. The third-order valence-corrected chi connectivity index (χ3v) is 6.89. The minimum atomic E-state index is -0.299. The van der Waals surface area contributed by atoms with Gasteiger partial charge in [0.15, 0.2) is 0 Å². The third-order valence-electron chi connectivity index (χ3n) is 5.52. The van der Waals surface area contributed by atoms with Crippen molar-refractivity contribution in [3.05, 3.63) is 31.9 Å². The van der Waals surface area contributed by atoms with Crippen LogP contribution in [0.5, 0.6) is 0 Å². The van der Waals surface area contributed by atoms with Gasteiger partial charge in [-0.15, -0.1) is 0 Å². The first-order chi connectivity index (χ1) is 13.3. The van der Waals surface area contributed by atoms with Crippen LogP contribution in [0.1, 0.15) is 43.4 Å². The number of thioether (sulfide) groups is 1. The van der Waals surface area contributed by atoms with E-state index in [4.69, 9.17) is 12.2 Å². The van der Waals surface area contributed by atoms with Crippen molar-refractivity contribution < 1.29 is 4.79 Å². The van der Waals surface area contributed by atoms with Gasteiger partial charge in [0.2, 0.25) is 0 Å². The van der Waals surface area contributed by atoms with Crippen molar-refractivity contribution in [2.75, 3.05) is 24.5 Å². The molecule has 8 heteroatoms. The lowest BCUT2D eigenvalue weighted by molar-refractivity contribution is -0.121. The number of likely N-dealkylation sites (N-methyl/N-ethyl adjacent to an activating group) is 1. The SMILES string of the molecule is CCN1C(=O)C(=Cc2c(C)c(C#N)c(=O)n(C)c2N2CCC(C)CC2)SC1=S. The summed E-state index contributed by atoms with van der Waals surface area (Å²) in [6, 6.07) is 2.04. The monoisotopic (exact) mass is 416 g/mol. The lowest BCUT2D eigenvalue weighted by Gasteiger charge is -2.34. The Morgan fingerprint density at radius 2 is 1.96 bits per heavy atom. The molecular formula is C20H24N4O2S2. The van der Waals surface area contributed by atoms with Gasteiger partial charge in [0.25, 0.3) is 11.5 Å². The molecule has 28 heavy (non-hydrogen) atoms. The van der Waals surface area contributed by atoms with Gasteiger partial charge in [-0.1, -0.05) is 30.9 Å². The highest BCUT2D eigenvalue weighted by atomic mass is 32.2. The zero-order valence-corrected chi connectivity index (χ0v) is 18.2. The lowest BCUT2D eigenvalue weighted by atomic mass is 9.97. The summed E-state index contributed by atoms with van der Waals surface area (Å²) < 4.78 is 2.09. The Morgan fingerprint density at radius 1 is 1.32 bits per heavy atom. The molecule has 2 aliphatic heterocycles. The molecule has 1 amide bonds. The summed E-state index contributed by atoms with van der Waals surface area (Å²) in [4.78, 5) is 29.7. The summed E-state index contributed by atoms with van der Waals surface area (Å²) in [5.74, 6) is 1.30. The van der Waals surface area contributed by atoms with Gasteiger partial charge in [-0.3, -0.25) is 19.1 Å². The molecule has 6 nitrogen and oxygen atoms in total. The topological polar surface area (TPSA) is 69.3 Å². The van der Waals surface area contributed by atoms with Crippen LogP contribution in [0.3, 0.4) is 0 Å². The first-order valence-electron chi connectivity index (χ1n) is 9.44.